The number of carbonyl (C=O) groups excluding carboxylic acids is 1. The van der Waals surface area contributed by atoms with Crippen molar-refractivity contribution < 1.29 is 9.53 Å². The molecule has 0 radical (unpaired) electrons. The molecule has 136 valence electrons. The summed E-state index contributed by atoms with van der Waals surface area (Å²) in [4.78, 5) is 20.7. The highest BCUT2D eigenvalue weighted by atomic mass is 35.5. The Kier molecular flexibility index (Phi) is 7.36. The average Bonchev–Trinajstić information content (AvgIpc) is 2.66. The summed E-state index contributed by atoms with van der Waals surface area (Å²) in [7, 11) is 1.63. The van der Waals surface area contributed by atoms with E-state index in [9.17, 15) is 4.79 Å². The molecule has 0 aromatic carbocycles. The molecule has 4 N–H and O–H groups in total. The van der Waals surface area contributed by atoms with E-state index in [0.717, 1.165) is 25.2 Å². The van der Waals surface area contributed by atoms with Gasteiger partial charge in [-0.1, -0.05) is 24.9 Å². The Hall–Kier alpha value is -1.96. The van der Waals surface area contributed by atoms with E-state index in [-0.39, 0.29) is 16.8 Å². The van der Waals surface area contributed by atoms with Crippen molar-refractivity contribution in [3.63, 3.8) is 0 Å². The summed E-state index contributed by atoms with van der Waals surface area (Å²) in [6, 6.07) is 3.59. The molecule has 1 amide bonds. The maximum Gasteiger partial charge on any atom is 0.273 e. The molecule has 2 heterocycles. The average molecular weight is 366 g/mol. The molecular weight excluding hydrogens is 342 g/mol. The smallest absolute Gasteiger partial charge is 0.273 e. The lowest BCUT2D eigenvalue weighted by molar-refractivity contribution is -0.112. The Labute approximate surface area is 152 Å². The lowest BCUT2D eigenvalue weighted by Gasteiger charge is -2.23. The van der Waals surface area contributed by atoms with Crippen LogP contribution < -0.4 is 16.4 Å². The molecule has 1 aliphatic heterocycles. The number of carbonyl (C=O) groups is 1. The van der Waals surface area contributed by atoms with Crippen LogP contribution in [0.3, 0.4) is 0 Å². The first kappa shape index (κ1) is 19.4. The number of aromatic nitrogens is 1. The molecule has 0 saturated carbocycles. The molecule has 8 heteroatoms. The van der Waals surface area contributed by atoms with Gasteiger partial charge in [0.2, 0.25) is 0 Å². The largest absolute Gasteiger partial charge is 0.393 e. The third-order valence-electron chi connectivity index (χ3n) is 3.79. The van der Waals surface area contributed by atoms with Crippen molar-refractivity contribution in [1.82, 2.24) is 10.3 Å². The van der Waals surface area contributed by atoms with E-state index in [1.54, 1.807) is 19.3 Å². The number of nitrogens with one attached hydrogen (secondary N) is 2. The predicted molar refractivity (Wildman–Crippen MR) is 99.8 cm³/mol. The van der Waals surface area contributed by atoms with Gasteiger partial charge in [0.15, 0.2) is 0 Å². The first-order valence-electron chi connectivity index (χ1n) is 8.27. The van der Waals surface area contributed by atoms with E-state index < -0.39 is 5.91 Å². The molecule has 0 spiro atoms. The third kappa shape index (κ3) is 5.26. The van der Waals surface area contributed by atoms with Crippen molar-refractivity contribution >= 4 is 28.9 Å². The van der Waals surface area contributed by atoms with Gasteiger partial charge in [0.25, 0.3) is 5.91 Å². The fraction of sp³-hybridized carbons (Fsp3) is 0.471. The molecule has 1 atom stereocenters. The molecule has 7 nitrogen and oxygen atoms in total. The Bertz CT molecular complexity index is 652. The van der Waals surface area contributed by atoms with Gasteiger partial charge in [-0.2, -0.15) is 0 Å². The van der Waals surface area contributed by atoms with E-state index in [1.165, 1.54) is 0 Å². The van der Waals surface area contributed by atoms with Crippen molar-refractivity contribution in [3.8, 4) is 0 Å². The van der Waals surface area contributed by atoms with Crippen LogP contribution in [-0.2, 0) is 9.53 Å². The lowest BCUT2D eigenvalue weighted by atomic mass is 10.2. The fourth-order valence-electron chi connectivity index (χ4n) is 2.44. The molecule has 1 aromatic heterocycles. The Morgan fingerprint density at radius 1 is 1.56 bits per heavy atom. The number of pyridine rings is 1. The van der Waals surface area contributed by atoms with Gasteiger partial charge in [0.05, 0.1) is 34.9 Å². The molecule has 0 bridgehead atoms. The number of ether oxygens (including phenoxy) is 1. The third-order valence-corrected chi connectivity index (χ3v) is 4.21. The first-order valence-corrected chi connectivity index (χ1v) is 8.65. The van der Waals surface area contributed by atoms with Crippen LogP contribution in [0.5, 0.6) is 0 Å². The van der Waals surface area contributed by atoms with Gasteiger partial charge in [-0.25, -0.2) is 0 Å². The fourth-order valence-corrected chi connectivity index (χ4v) is 2.70. The van der Waals surface area contributed by atoms with E-state index >= 15 is 0 Å². The van der Waals surface area contributed by atoms with Crippen molar-refractivity contribution in [2.24, 2.45) is 10.7 Å². The molecular formula is C17H24ClN5O2. The molecule has 0 aliphatic carbocycles. The van der Waals surface area contributed by atoms with Gasteiger partial charge in [-0.15, -0.1) is 0 Å². The highest BCUT2D eigenvalue weighted by Crippen LogP contribution is 2.19. The van der Waals surface area contributed by atoms with Crippen LogP contribution in [0.1, 0.15) is 31.6 Å². The molecule has 1 fully saturated rings. The molecule has 1 aliphatic rings. The van der Waals surface area contributed by atoms with Gasteiger partial charge < -0.3 is 21.1 Å². The number of anilines is 1. The molecule has 2 rings (SSSR count). The van der Waals surface area contributed by atoms with Crippen LogP contribution in [0.2, 0.25) is 0 Å². The molecule has 1 aromatic rings. The van der Waals surface area contributed by atoms with E-state index in [4.69, 9.17) is 22.1 Å². The molecule has 0 unspecified atom stereocenters. The zero-order chi connectivity index (χ0) is 18.2. The number of amides is 1. The highest BCUT2D eigenvalue weighted by Gasteiger charge is 2.18. The Morgan fingerprint density at radius 3 is 2.92 bits per heavy atom. The summed E-state index contributed by atoms with van der Waals surface area (Å²) >= 11 is 6.19. The van der Waals surface area contributed by atoms with E-state index in [1.807, 2.05) is 13.0 Å². The second-order valence-electron chi connectivity index (χ2n) is 5.64. The van der Waals surface area contributed by atoms with Crippen LogP contribution in [0, 0.1) is 0 Å². The van der Waals surface area contributed by atoms with E-state index in [0.29, 0.717) is 24.4 Å². The van der Waals surface area contributed by atoms with Crippen LogP contribution in [-0.4, -0.2) is 43.3 Å². The number of morpholine rings is 1. The zero-order valence-electron chi connectivity index (χ0n) is 14.5. The number of hydrogen-bond donors (Lipinski definition) is 3. The van der Waals surface area contributed by atoms with Crippen LogP contribution in [0.15, 0.2) is 34.1 Å². The maximum absolute atomic E-state index is 12.3. The number of nitrogens with zero attached hydrogens (tertiary/aromatic N) is 2. The lowest BCUT2D eigenvalue weighted by Crippen LogP contribution is -2.33. The number of aliphatic imine (C=N–C) groups is 1. The van der Waals surface area contributed by atoms with Gasteiger partial charge in [-0.3, -0.25) is 14.8 Å². The second kappa shape index (κ2) is 9.50. The van der Waals surface area contributed by atoms with Crippen LogP contribution in [0.4, 0.5) is 5.69 Å². The number of rotatable bonds is 6. The topological polar surface area (TPSA) is 102 Å². The van der Waals surface area contributed by atoms with Crippen molar-refractivity contribution in [3.05, 3.63) is 34.8 Å². The van der Waals surface area contributed by atoms with Gasteiger partial charge in [-0.05, 0) is 18.6 Å². The number of hydrogen-bond acceptors (Lipinski definition) is 6. The summed E-state index contributed by atoms with van der Waals surface area (Å²) in [5.74, 6) is -0.479. The summed E-state index contributed by atoms with van der Waals surface area (Å²) in [6.07, 6.45) is 3.03. The quantitative estimate of drug-likeness (QED) is 0.528. The Balaban J connectivity index is 2.04. The predicted octanol–water partition coefficient (Wildman–Crippen LogP) is 1.96. The SMILES string of the molecule is CCCC(=NC)C(Cl)=C(N)C(=O)Nc1ccc([C@@H]2CNCCO2)nc1. The summed E-state index contributed by atoms with van der Waals surface area (Å²) in [6.45, 7) is 4.23. The summed E-state index contributed by atoms with van der Waals surface area (Å²) < 4.78 is 5.65. The van der Waals surface area contributed by atoms with Crippen LogP contribution in [0.25, 0.3) is 0 Å². The van der Waals surface area contributed by atoms with Gasteiger partial charge in [0, 0.05) is 20.1 Å². The summed E-state index contributed by atoms with van der Waals surface area (Å²) in [5.41, 5.74) is 7.78. The monoisotopic (exact) mass is 365 g/mol. The minimum atomic E-state index is -0.479. The van der Waals surface area contributed by atoms with Gasteiger partial charge in [0.1, 0.15) is 11.8 Å². The minimum absolute atomic E-state index is 0.0559. The summed E-state index contributed by atoms with van der Waals surface area (Å²) in [5, 5.41) is 6.13. The maximum atomic E-state index is 12.3. The van der Waals surface area contributed by atoms with E-state index in [2.05, 4.69) is 20.6 Å². The number of nitrogens with two attached hydrogens (primary N) is 1. The molecule has 25 heavy (non-hydrogen) atoms. The minimum Gasteiger partial charge on any atom is -0.393 e. The van der Waals surface area contributed by atoms with Gasteiger partial charge >= 0.3 is 0 Å². The van der Waals surface area contributed by atoms with Crippen LogP contribution >= 0.6 is 11.6 Å². The highest BCUT2D eigenvalue weighted by molar-refractivity contribution is 6.45. The standard InChI is InChI=1S/C17H24ClN5O2/c1-3-4-13(20-2)15(18)16(19)17(24)23-11-5-6-12(22-9-11)14-10-21-7-8-25-14/h5-6,9,14,21H,3-4,7-8,10,19H2,1-2H3,(H,23,24)/t14-/m0/s1. The van der Waals surface area contributed by atoms with Crippen molar-refractivity contribution in [2.45, 2.75) is 25.9 Å². The number of halogens is 1. The second-order valence-corrected chi connectivity index (χ2v) is 6.02. The molecule has 1 saturated heterocycles. The number of allylic oxidation sites excluding steroid dienone is 1. The normalized spacial score (nSPS) is 19.3. The zero-order valence-corrected chi connectivity index (χ0v) is 15.3. The van der Waals surface area contributed by atoms with Crippen molar-refractivity contribution in [1.29, 1.82) is 0 Å². The Morgan fingerprint density at radius 2 is 2.36 bits per heavy atom. The first-order chi connectivity index (χ1) is 12.1. The van der Waals surface area contributed by atoms with Crippen molar-refractivity contribution in [2.75, 3.05) is 32.1 Å².